The van der Waals surface area contributed by atoms with Crippen molar-refractivity contribution in [3.63, 3.8) is 0 Å². The second kappa shape index (κ2) is 6.57. The van der Waals surface area contributed by atoms with Crippen LogP contribution in [0.4, 0.5) is 5.69 Å². The molecule has 0 atom stereocenters. The smallest absolute Gasteiger partial charge is 0.264 e. The van der Waals surface area contributed by atoms with Crippen molar-refractivity contribution in [2.75, 3.05) is 10.6 Å². The molecule has 0 saturated carbocycles. The third kappa shape index (κ3) is 3.62. The van der Waals surface area contributed by atoms with Gasteiger partial charge in [-0.15, -0.1) is 0 Å². The lowest BCUT2D eigenvalue weighted by Gasteiger charge is -2.29. The van der Waals surface area contributed by atoms with E-state index in [0.717, 1.165) is 6.26 Å². The third-order valence-electron chi connectivity index (χ3n) is 3.60. The molecule has 7 heteroatoms. The highest BCUT2D eigenvalue weighted by Crippen LogP contribution is 2.29. The van der Waals surface area contributed by atoms with E-state index in [2.05, 4.69) is 0 Å². The molecule has 0 heterocycles. The number of para-hydroxylation sites is 1. The van der Waals surface area contributed by atoms with E-state index in [1.54, 1.807) is 45.0 Å². The van der Waals surface area contributed by atoms with Crippen molar-refractivity contribution in [1.29, 1.82) is 0 Å². The van der Waals surface area contributed by atoms with Crippen LogP contribution in [0.25, 0.3) is 0 Å². The summed E-state index contributed by atoms with van der Waals surface area (Å²) in [5, 5.41) is 0. The zero-order chi connectivity index (χ0) is 18.1. The maximum Gasteiger partial charge on any atom is 0.264 e. The average molecular weight is 367 g/mol. The fraction of sp³-hybridized carbons (Fsp3) is 0.294. The minimum absolute atomic E-state index is 0.00276. The molecular weight excluding hydrogens is 346 g/mol. The van der Waals surface area contributed by atoms with Crippen molar-refractivity contribution in [3.05, 3.63) is 54.1 Å². The van der Waals surface area contributed by atoms with E-state index >= 15 is 0 Å². The van der Waals surface area contributed by atoms with Gasteiger partial charge < -0.3 is 0 Å². The highest BCUT2D eigenvalue weighted by Gasteiger charge is 2.29. The first-order valence-electron chi connectivity index (χ1n) is 7.45. The average Bonchev–Trinajstić information content (AvgIpc) is 2.46. The van der Waals surface area contributed by atoms with Crippen LogP contribution in [-0.4, -0.2) is 29.1 Å². The van der Waals surface area contributed by atoms with E-state index < -0.39 is 19.9 Å². The lowest BCUT2D eigenvalue weighted by atomic mass is 10.2. The van der Waals surface area contributed by atoms with Gasteiger partial charge in [0, 0.05) is 12.3 Å². The van der Waals surface area contributed by atoms with Gasteiger partial charge in [0.15, 0.2) is 9.84 Å². The molecule has 2 rings (SSSR count). The maximum absolute atomic E-state index is 13.2. The molecule has 0 aliphatic heterocycles. The van der Waals surface area contributed by atoms with Crippen LogP contribution in [0.5, 0.6) is 0 Å². The minimum Gasteiger partial charge on any atom is -0.264 e. The van der Waals surface area contributed by atoms with Gasteiger partial charge >= 0.3 is 0 Å². The molecule has 0 amide bonds. The predicted octanol–water partition coefficient (Wildman–Crippen LogP) is 3.00. The van der Waals surface area contributed by atoms with E-state index in [9.17, 15) is 16.8 Å². The molecule has 0 spiro atoms. The highest BCUT2D eigenvalue weighted by molar-refractivity contribution is 7.93. The lowest BCUT2D eigenvalue weighted by molar-refractivity contribution is 0.583. The van der Waals surface area contributed by atoms with E-state index in [1.165, 1.54) is 22.5 Å². The molecule has 2 aromatic carbocycles. The van der Waals surface area contributed by atoms with Gasteiger partial charge in [0.1, 0.15) is 0 Å². The number of hydrogen-bond acceptors (Lipinski definition) is 4. The Labute approximate surface area is 143 Å². The molecule has 0 saturated heterocycles. The summed E-state index contributed by atoms with van der Waals surface area (Å²) in [6, 6.07) is 12.6. The number of anilines is 1. The fourth-order valence-electron chi connectivity index (χ4n) is 2.48. The Morgan fingerprint density at radius 2 is 1.50 bits per heavy atom. The molecular formula is C17H21NO4S2. The van der Waals surface area contributed by atoms with Crippen LogP contribution in [0, 0.1) is 6.92 Å². The molecule has 0 radical (unpaired) electrons. The summed E-state index contributed by atoms with van der Waals surface area (Å²) >= 11 is 0. The summed E-state index contributed by atoms with van der Waals surface area (Å²) in [5.41, 5.74) is 1.04. The van der Waals surface area contributed by atoms with Gasteiger partial charge in [-0.2, -0.15) is 0 Å². The summed E-state index contributed by atoms with van der Waals surface area (Å²) < 4.78 is 51.3. The van der Waals surface area contributed by atoms with Crippen LogP contribution in [0.2, 0.25) is 0 Å². The minimum atomic E-state index is -3.90. The third-order valence-corrected chi connectivity index (χ3v) is 6.86. The monoisotopic (exact) mass is 367 g/mol. The van der Waals surface area contributed by atoms with Crippen molar-refractivity contribution in [2.45, 2.75) is 36.6 Å². The number of nitrogens with zero attached hydrogens (tertiary/aromatic N) is 1. The summed E-state index contributed by atoms with van der Waals surface area (Å²) in [7, 11) is -7.39. The zero-order valence-corrected chi connectivity index (χ0v) is 15.7. The van der Waals surface area contributed by atoms with E-state index in [4.69, 9.17) is 0 Å². The maximum atomic E-state index is 13.2. The molecule has 24 heavy (non-hydrogen) atoms. The number of aryl methyl sites for hydroxylation is 1. The first-order chi connectivity index (χ1) is 11.0. The van der Waals surface area contributed by atoms with Gasteiger partial charge in [0.25, 0.3) is 10.0 Å². The van der Waals surface area contributed by atoms with Gasteiger partial charge in [0.05, 0.1) is 15.5 Å². The summed E-state index contributed by atoms with van der Waals surface area (Å²) in [5.74, 6) is 0. The van der Waals surface area contributed by atoms with Crippen LogP contribution in [-0.2, 0) is 19.9 Å². The van der Waals surface area contributed by atoms with Crippen LogP contribution in [0.15, 0.2) is 58.3 Å². The summed E-state index contributed by atoms with van der Waals surface area (Å²) in [4.78, 5) is -0.00794. The van der Waals surface area contributed by atoms with Crippen molar-refractivity contribution >= 4 is 25.5 Å². The van der Waals surface area contributed by atoms with Crippen LogP contribution in [0.1, 0.15) is 19.4 Å². The SMILES string of the molecule is Cc1ccc(S(C)(=O)=O)cc1S(=O)(=O)N(c1ccccc1)C(C)C. The first kappa shape index (κ1) is 18.5. The van der Waals surface area contributed by atoms with Crippen LogP contribution in [0.3, 0.4) is 0 Å². The second-order valence-electron chi connectivity index (χ2n) is 5.93. The predicted molar refractivity (Wildman–Crippen MR) is 95.5 cm³/mol. The molecule has 0 fully saturated rings. The van der Waals surface area contributed by atoms with Crippen molar-refractivity contribution in [1.82, 2.24) is 0 Å². The number of sulfone groups is 1. The number of rotatable bonds is 5. The Morgan fingerprint density at radius 3 is 2.00 bits per heavy atom. The second-order valence-corrected chi connectivity index (χ2v) is 9.73. The topological polar surface area (TPSA) is 71.5 Å². The van der Waals surface area contributed by atoms with Gasteiger partial charge in [-0.3, -0.25) is 4.31 Å². The molecule has 0 unspecified atom stereocenters. The van der Waals surface area contributed by atoms with Gasteiger partial charge in [-0.25, -0.2) is 16.8 Å². The lowest BCUT2D eigenvalue weighted by Crippen LogP contribution is -2.37. The molecule has 0 N–H and O–H groups in total. The molecule has 0 bridgehead atoms. The number of hydrogen-bond donors (Lipinski definition) is 0. The Balaban J connectivity index is 2.69. The van der Waals surface area contributed by atoms with Crippen molar-refractivity contribution in [2.24, 2.45) is 0 Å². The first-order valence-corrected chi connectivity index (χ1v) is 10.8. The zero-order valence-electron chi connectivity index (χ0n) is 14.1. The molecule has 2 aromatic rings. The standard InChI is InChI=1S/C17H21NO4S2/c1-13(2)18(15-8-6-5-7-9-15)24(21,22)17-12-16(23(4,19)20)11-10-14(17)3/h5-13H,1-4H3. The molecule has 0 aliphatic carbocycles. The van der Waals surface area contributed by atoms with Gasteiger partial charge in [-0.05, 0) is 50.6 Å². The van der Waals surface area contributed by atoms with Crippen molar-refractivity contribution < 1.29 is 16.8 Å². The van der Waals surface area contributed by atoms with Crippen molar-refractivity contribution in [3.8, 4) is 0 Å². The van der Waals surface area contributed by atoms with E-state index in [1.807, 2.05) is 6.07 Å². The molecule has 0 aromatic heterocycles. The van der Waals surface area contributed by atoms with Gasteiger partial charge in [-0.1, -0.05) is 24.3 Å². The Kier molecular flexibility index (Phi) is 5.05. The highest BCUT2D eigenvalue weighted by atomic mass is 32.2. The van der Waals surface area contributed by atoms with Gasteiger partial charge in [0.2, 0.25) is 0 Å². The normalized spacial score (nSPS) is 12.4. The summed E-state index contributed by atoms with van der Waals surface area (Å²) in [6.45, 7) is 5.21. The largest absolute Gasteiger partial charge is 0.264 e. The number of sulfonamides is 1. The quantitative estimate of drug-likeness (QED) is 0.814. The van der Waals surface area contributed by atoms with E-state index in [0.29, 0.717) is 11.3 Å². The molecule has 0 aliphatic rings. The summed E-state index contributed by atoms with van der Waals surface area (Å²) in [6.07, 6.45) is 1.06. The Morgan fingerprint density at radius 1 is 0.917 bits per heavy atom. The van der Waals surface area contributed by atoms with Crippen LogP contribution < -0.4 is 4.31 Å². The Hall–Kier alpha value is -1.86. The van der Waals surface area contributed by atoms with Crippen LogP contribution >= 0.6 is 0 Å². The van der Waals surface area contributed by atoms with E-state index in [-0.39, 0.29) is 15.8 Å². The molecule has 5 nitrogen and oxygen atoms in total. The molecule has 130 valence electrons. The fourth-order valence-corrected chi connectivity index (χ4v) is 5.12. The number of benzene rings is 2. The Bertz CT molecular complexity index is 934.